The number of ether oxygens (including phenoxy) is 1. The van der Waals surface area contributed by atoms with Gasteiger partial charge in [0.05, 0.1) is 6.61 Å². The van der Waals surface area contributed by atoms with Crippen LogP contribution in [0.2, 0.25) is 0 Å². The fraction of sp³-hybridized carbons (Fsp3) is 0.615. The van der Waals surface area contributed by atoms with Crippen molar-refractivity contribution in [3.63, 3.8) is 0 Å². The van der Waals surface area contributed by atoms with Crippen LogP contribution in [0, 0.1) is 0 Å². The lowest BCUT2D eigenvalue weighted by atomic mass is 10.1. The Kier molecular flexibility index (Phi) is 9.64. The number of hydrogen-bond donors (Lipinski definition) is 2. The summed E-state index contributed by atoms with van der Waals surface area (Å²) in [7, 11) is 0. The SMILES string of the molecule is C=CCCOC(C)C(=O)NCC1=CCNCC1.Cl. The summed E-state index contributed by atoms with van der Waals surface area (Å²) in [6, 6.07) is 0. The quantitative estimate of drug-likeness (QED) is 0.545. The van der Waals surface area contributed by atoms with Crippen molar-refractivity contribution in [1.29, 1.82) is 0 Å². The number of carbonyl (C=O) groups excluding carboxylic acids is 1. The predicted octanol–water partition coefficient (Wildman–Crippen LogP) is 1.43. The highest BCUT2D eigenvalue weighted by Gasteiger charge is 2.13. The zero-order valence-electron chi connectivity index (χ0n) is 10.9. The number of carbonyl (C=O) groups is 1. The number of halogens is 1. The van der Waals surface area contributed by atoms with Crippen molar-refractivity contribution in [2.75, 3.05) is 26.2 Å². The largest absolute Gasteiger partial charge is 0.368 e. The second kappa shape index (κ2) is 10.1. The summed E-state index contributed by atoms with van der Waals surface area (Å²) < 4.78 is 5.37. The Balaban J connectivity index is 0.00000289. The average Bonchev–Trinajstić information content (AvgIpc) is 2.37. The summed E-state index contributed by atoms with van der Waals surface area (Å²) in [5.41, 5.74) is 1.29. The molecule has 1 rings (SSSR count). The van der Waals surface area contributed by atoms with Crippen LogP contribution in [-0.2, 0) is 9.53 Å². The first-order valence-corrected chi connectivity index (χ1v) is 6.13. The number of nitrogens with one attached hydrogen (secondary N) is 2. The number of amides is 1. The Hall–Kier alpha value is -0.840. The van der Waals surface area contributed by atoms with E-state index in [-0.39, 0.29) is 18.3 Å². The average molecular weight is 275 g/mol. The summed E-state index contributed by atoms with van der Waals surface area (Å²) >= 11 is 0. The second-order valence-electron chi connectivity index (χ2n) is 4.12. The highest BCUT2D eigenvalue weighted by atomic mass is 35.5. The van der Waals surface area contributed by atoms with Crippen LogP contribution in [0.4, 0.5) is 0 Å². The fourth-order valence-corrected chi connectivity index (χ4v) is 1.58. The van der Waals surface area contributed by atoms with E-state index >= 15 is 0 Å². The van der Waals surface area contributed by atoms with Crippen LogP contribution in [0.3, 0.4) is 0 Å². The summed E-state index contributed by atoms with van der Waals surface area (Å²) in [5, 5.41) is 6.13. The molecule has 0 bridgehead atoms. The summed E-state index contributed by atoms with van der Waals surface area (Å²) in [5.74, 6) is -0.0477. The lowest BCUT2D eigenvalue weighted by Crippen LogP contribution is -2.36. The lowest BCUT2D eigenvalue weighted by Gasteiger charge is -2.16. The first-order chi connectivity index (χ1) is 8.24. The molecule has 1 aliphatic heterocycles. The molecule has 0 saturated carbocycles. The molecule has 1 amide bonds. The molecule has 0 aromatic carbocycles. The molecule has 1 heterocycles. The maximum absolute atomic E-state index is 11.7. The number of hydrogen-bond acceptors (Lipinski definition) is 3. The summed E-state index contributed by atoms with van der Waals surface area (Å²) in [6.07, 6.45) is 5.30. The van der Waals surface area contributed by atoms with Crippen molar-refractivity contribution in [3.8, 4) is 0 Å². The van der Waals surface area contributed by atoms with Crippen molar-refractivity contribution in [1.82, 2.24) is 10.6 Å². The third-order valence-electron chi connectivity index (χ3n) is 2.71. The molecule has 1 unspecified atom stereocenters. The van der Waals surface area contributed by atoms with Gasteiger partial charge in [0.25, 0.3) is 0 Å². The van der Waals surface area contributed by atoms with Gasteiger partial charge >= 0.3 is 0 Å². The fourth-order valence-electron chi connectivity index (χ4n) is 1.58. The summed E-state index contributed by atoms with van der Waals surface area (Å²) in [4.78, 5) is 11.7. The van der Waals surface area contributed by atoms with Gasteiger partial charge in [-0.3, -0.25) is 4.79 Å². The van der Waals surface area contributed by atoms with Gasteiger partial charge in [-0.15, -0.1) is 19.0 Å². The van der Waals surface area contributed by atoms with E-state index in [1.54, 1.807) is 13.0 Å². The van der Waals surface area contributed by atoms with E-state index in [9.17, 15) is 4.79 Å². The summed E-state index contributed by atoms with van der Waals surface area (Å²) in [6.45, 7) is 8.45. The van der Waals surface area contributed by atoms with E-state index in [0.29, 0.717) is 13.2 Å². The zero-order valence-corrected chi connectivity index (χ0v) is 11.7. The van der Waals surface area contributed by atoms with E-state index in [1.807, 2.05) is 0 Å². The van der Waals surface area contributed by atoms with Crippen LogP contribution >= 0.6 is 12.4 Å². The van der Waals surface area contributed by atoms with E-state index in [0.717, 1.165) is 25.9 Å². The molecule has 0 radical (unpaired) electrons. The first kappa shape index (κ1) is 17.2. The smallest absolute Gasteiger partial charge is 0.249 e. The van der Waals surface area contributed by atoms with Crippen molar-refractivity contribution >= 4 is 18.3 Å². The Morgan fingerprint density at radius 3 is 3.11 bits per heavy atom. The van der Waals surface area contributed by atoms with Crippen molar-refractivity contribution in [2.24, 2.45) is 0 Å². The molecular formula is C13H23ClN2O2. The van der Waals surface area contributed by atoms with Gasteiger partial charge in [0.15, 0.2) is 0 Å². The molecule has 2 N–H and O–H groups in total. The Labute approximate surface area is 115 Å². The Bertz CT molecular complexity index is 293. The van der Waals surface area contributed by atoms with Crippen molar-refractivity contribution < 1.29 is 9.53 Å². The Morgan fingerprint density at radius 2 is 2.50 bits per heavy atom. The van der Waals surface area contributed by atoms with Crippen LogP contribution in [0.25, 0.3) is 0 Å². The highest BCUT2D eigenvalue weighted by Crippen LogP contribution is 2.02. The molecule has 4 nitrogen and oxygen atoms in total. The minimum Gasteiger partial charge on any atom is -0.368 e. The molecule has 18 heavy (non-hydrogen) atoms. The van der Waals surface area contributed by atoms with Gasteiger partial charge in [-0.2, -0.15) is 0 Å². The molecule has 1 atom stereocenters. The van der Waals surface area contributed by atoms with Gasteiger partial charge in [0, 0.05) is 13.1 Å². The second-order valence-corrected chi connectivity index (χ2v) is 4.12. The topological polar surface area (TPSA) is 50.4 Å². The minimum absolute atomic E-state index is 0. The van der Waals surface area contributed by atoms with E-state index in [1.165, 1.54) is 5.57 Å². The molecular weight excluding hydrogens is 252 g/mol. The molecule has 1 aliphatic rings. The molecule has 5 heteroatoms. The van der Waals surface area contributed by atoms with Gasteiger partial charge in [0.2, 0.25) is 5.91 Å². The lowest BCUT2D eigenvalue weighted by molar-refractivity contribution is -0.131. The van der Waals surface area contributed by atoms with Crippen LogP contribution in [0.1, 0.15) is 19.8 Å². The Morgan fingerprint density at radius 1 is 1.72 bits per heavy atom. The maximum Gasteiger partial charge on any atom is 0.249 e. The minimum atomic E-state index is -0.391. The standard InChI is InChI=1S/C13H22N2O2.ClH/c1-3-4-9-17-11(2)13(16)15-10-12-5-7-14-8-6-12;/h3,5,11,14H,1,4,6-10H2,2H3,(H,15,16);1H. The van der Waals surface area contributed by atoms with Gasteiger partial charge in [-0.05, 0) is 26.3 Å². The first-order valence-electron chi connectivity index (χ1n) is 6.13. The van der Waals surface area contributed by atoms with Crippen LogP contribution < -0.4 is 10.6 Å². The molecule has 0 aromatic heterocycles. The van der Waals surface area contributed by atoms with E-state index < -0.39 is 6.10 Å². The maximum atomic E-state index is 11.7. The van der Waals surface area contributed by atoms with Gasteiger partial charge in [0.1, 0.15) is 6.10 Å². The van der Waals surface area contributed by atoms with Gasteiger partial charge in [-0.25, -0.2) is 0 Å². The zero-order chi connectivity index (χ0) is 12.5. The normalized spacial score (nSPS) is 16.2. The number of rotatable bonds is 7. The van der Waals surface area contributed by atoms with Crippen molar-refractivity contribution in [2.45, 2.75) is 25.9 Å². The molecule has 0 spiro atoms. The third kappa shape index (κ3) is 6.79. The van der Waals surface area contributed by atoms with E-state index in [4.69, 9.17) is 4.74 Å². The van der Waals surface area contributed by atoms with Crippen LogP contribution in [0.15, 0.2) is 24.3 Å². The molecule has 0 aliphatic carbocycles. The van der Waals surface area contributed by atoms with Crippen molar-refractivity contribution in [3.05, 3.63) is 24.3 Å². The van der Waals surface area contributed by atoms with Crippen LogP contribution in [-0.4, -0.2) is 38.3 Å². The monoisotopic (exact) mass is 274 g/mol. The highest BCUT2D eigenvalue weighted by molar-refractivity contribution is 5.85. The van der Waals surface area contributed by atoms with Crippen LogP contribution in [0.5, 0.6) is 0 Å². The van der Waals surface area contributed by atoms with Gasteiger partial charge in [-0.1, -0.05) is 17.7 Å². The molecule has 0 fully saturated rings. The molecule has 0 saturated heterocycles. The van der Waals surface area contributed by atoms with E-state index in [2.05, 4.69) is 23.3 Å². The third-order valence-corrected chi connectivity index (χ3v) is 2.71. The molecule has 104 valence electrons. The predicted molar refractivity (Wildman–Crippen MR) is 76.1 cm³/mol. The van der Waals surface area contributed by atoms with Gasteiger partial charge < -0.3 is 15.4 Å². The molecule has 0 aromatic rings.